The van der Waals surface area contributed by atoms with Gasteiger partial charge in [0.05, 0.1) is 10.6 Å². The van der Waals surface area contributed by atoms with Crippen molar-refractivity contribution < 1.29 is 17.6 Å². The Morgan fingerprint density at radius 1 is 1.29 bits per heavy atom. The van der Waals surface area contributed by atoms with Crippen LogP contribution in [0.1, 0.15) is 30.0 Å². The molecule has 94 valence electrons. The highest BCUT2D eigenvalue weighted by Crippen LogP contribution is 2.45. The lowest BCUT2D eigenvalue weighted by Crippen LogP contribution is -2.21. The minimum atomic E-state index is -4.62. The average molecular weight is 268 g/mol. The van der Waals surface area contributed by atoms with Crippen LogP contribution in [0.15, 0.2) is 12.1 Å². The van der Waals surface area contributed by atoms with Crippen LogP contribution in [0.2, 0.25) is 5.02 Å². The fraction of sp³-hybridized carbons (Fsp3) is 0.455. The minimum absolute atomic E-state index is 0.0796. The second-order valence-electron chi connectivity index (χ2n) is 4.18. The second-order valence-corrected chi connectivity index (χ2v) is 4.59. The normalized spacial score (nSPS) is 18.2. The first-order valence-electron chi connectivity index (χ1n) is 5.13. The Bertz CT molecular complexity index is 440. The predicted molar refractivity (Wildman–Crippen MR) is 56.1 cm³/mol. The number of hydrogen-bond acceptors (Lipinski definition) is 1. The van der Waals surface area contributed by atoms with Gasteiger partial charge in [0.25, 0.3) is 0 Å². The molecular formula is C11H10ClF4N. The summed E-state index contributed by atoms with van der Waals surface area (Å²) in [6.45, 7) is 0. The van der Waals surface area contributed by atoms with Gasteiger partial charge in [-0.25, -0.2) is 4.39 Å². The summed E-state index contributed by atoms with van der Waals surface area (Å²) < 4.78 is 51.9. The molecule has 1 aliphatic carbocycles. The van der Waals surface area contributed by atoms with Crippen molar-refractivity contribution in [3.05, 3.63) is 34.1 Å². The van der Waals surface area contributed by atoms with Crippen molar-refractivity contribution in [3.8, 4) is 0 Å². The average Bonchev–Trinajstić information content (AvgIpc) is 3.02. The van der Waals surface area contributed by atoms with Crippen LogP contribution in [0.25, 0.3) is 0 Å². The SMILES string of the molecule is N[C@H](c1c(C(F)(F)F)ccc(Cl)c1F)C1CC1. The molecule has 1 fully saturated rings. The molecule has 1 aliphatic rings. The predicted octanol–water partition coefficient (Wildman–Crippen LogP) is 3.91. The molecule has 0 radical (unpaired) electrons. The Hall–Kier alpha value is -0.810. The maximum atomic E-state index is 13.7. The quantitative estimate of drug-likeness (QED) is 0.808. The van der Waals surface area contributed by atoms with Crippen molar-refractivity contribution in [3.63, 3.8) is 0 Å². The molecule has 2 rings (SSSR count). The first-order valence-corrected chi connectivity index (χ1v) is 5.51. The zero-order chi connectivity index (χ0) is 12.8. The molecule has 0 aromatic heterocycles. The summed E-state index contributed by atoms with van der Waals surface area (Å²) in [5, 5.41) is -0.330. The Balaban J connectivity index is 2.55. The van der Waals surface area contributed by atoms with Crippen LogP contribution in [0.3, 0.4) is 0 Å². The van der Waals surface area contributed by atoms with Crippen LogP contribution < -0.4 is 5.73 Å². The summed E-state index contributed by atoms with van der Waals surface area (Å²) in [5.74, 6) is -1.13. The molecule has 0 saturated heterocycles. The van der Waals surface area contributed by atoms with Gasteiger partial charge in [-0.1, -0.05) is 11.6 Å². The van der Waals surface area contributed by atoms with Gasteiger partial charge in [0.2, 0.25) is 0 Å². The number of halogens is 5. The van der Waals surface area contributed by atoms with E-state index in [9.17, 15) is 17.6 Å². The van der Waals surface area contributed by atoms with Gasteiger partial charge in [-0.15, -0.1) is 0 Å². The van der Waals surface area contributed by atoms with E-state index in [-0.39, 0.29) is 10.9 Å². The number of nitrogens with two attached hydrogens (primary N) is 1. The number of rotatable bonds is 2. The third-order valence-corrected chi connectivity index (χ3v) is 3.19. The van der Waals surface area contributed by atoms with Crippen molar-refractivity contribution in [2.24, 2.45) is 11.7 Å². The van der Waals surface area contributed by atoms with Crippen LogP contribution in [-0.2, 0) is 6.18 Å². The minimum Gasteiger partial charge on any atom is -0.324 e. The largest absolute Gasteiger partial charge is 0.416 e. The molecule has 17 heavy (non-hydrogen) atoms. The Kier molecular flexibility index (Phi) is 3.08. The van der Waals surface area contributed by atoms with E-state index in [1.54, 1.807) is 0 Å². The monoisotopic (exact) mass is 267 g/mol. The smallest absolute Gasteiger partial charge is 0.324 e. The highest BCUT2D eigenvalue weighted by Gasteiger charge is 2.40. The van der Waals surface area contributed by atoms with Gasteiger partial charge in [-0.05, 0) is 30.9 Å². The first kappa shape index (κ1) is 12.6. The lowest BCUT2D eigenvalue weighted by atomic mass is 9.96. The molecular weight excluding hydrogens is 258 g/mol. The van der Waals surface area contributed by atoms with Crippen molar-refractivity contribution in [2.75, 3.05) is 0 Å². The molecule has 1 aromatic carbocycles. The summed E-state index contributed by atoms with van der Waals surface area (Å²) in [5.41, 5.74) is 4.13. The van der Waals surface area contributed by atoms with Crippen molar-refractivity contribution in [1.29, 1.82) is 0 Å². The summed E-state index contributed by atoms with van der Waals surface area (Å²) in [6.07, 6.45) is -3.16. The van der Waals surface area contributed by atoms with Crippen molar-refractivity contribution >= 4 is 11.6 Å². The fourth-order valence-corrected chi connectivity index (χ4v) is 2.00. The number of hydrogen-bond donors (Lipinski definition) is 1. The number of benzene rings is 1. The Morgan fingerprint density at radius 2 is 1.88 bits per heavy atom. The molecule has 0 amide bonds. The van der Waals surface area contributed by atoms with Crippen LogP contribution >= 0.6 is 11.6 Å². The van der Waals surface area contributed by atoms with Crippen molar-refractivity contribution in [2.45, 2.75) is 25.1 Å². The molecule has 0 heterocycles. The van der Waals surface area contributed by atoms with Gasteiger partial charge >= 0.3 is 6.18 Å². The Morgan fingerprint density at radius 3 is 2.35 bits per heavy atom. The topological polar surface area (TPSA) is 26.0 Å². The molecule has 0 aliphatic heterocycles. The fourth-order valence-electron chi connectivity index (χ4n) is 1.83. The van der Waals surface area contributed by atoms with E-state index in [4.69, 9.17) is 17.3 Å². The van der Waals surface area contributed by atoms with Crippen LogP contribution in [0.4, 0.5) is 17.6 Å². The highest BCUT2D eigenvalue weighted by molar-refractivity contribution is 6.30. The summed E-state index contributed by atoms with van der Waals surface area (Å²) in [4.78, 5) is 0. The molecule has 1 nitrogen and oxygen atoms in total. The summed E-state index contributed by atoms with van der Waals surface area (Å²) in [6, 6.07) is 0.747. The van der Waals surface area contributed by atoms with Gasteiger partial charge in [0, 0.05) is 11.6 Å². The molecule has 6 heteroatoms. The summed E-state index contributed by atoms with van der Waals surface area (Å²) >= 11 is 5.51. The molecule has 1 aromatic rings. The highest BCUT2D eigenvalue weighted by atomic mass is 35.5. The van der Waals surface area contributed by atoms with Gasteiger partial charge in [0.1, 0.15) is 5.82 Å². The zero-order valence-corrected chi connectivity index (χ0v) is 9.45. The van der Waals surface area contributed by atoms with Crippen LogP contribution in [0.5, 0.6) is 0 Å². The van der Waals surface area contributed by atoms with E-state index in [0.717, 1.165) is 25.0 Å². The van der Waals surface area contributed by atoms with Gasteiger partial charge in [0.15, 0.2) is 0 Å². The maximum absolute atomic E-state index is 13.7. The van der Waals surface area contributed by atoms with Crippen molar-refractivity contribution in [1.82, 2.24) is 0 Å². The molecule has 2 N–H and O–H groups in total. The lowest BCUT2D eigenvalue weighted by molar-refractivity contribution is -0.138. The first-order chi connectivity index (χ1) is 7.82. The molecule has 1 atom stereocenters. The van der Waals surface area contributed by atoms with Crippen LogP contribution in [0, 0.1) is 11.7 Å². The van der Waals surface area contributed by atoms with E-state index in [0.29, 0.717) is 0 Å². The van der Waals surface area contributed by atoms with E-state index in [1.165, 1.54) is 0 Å². The van der Waals surface area contributed by atoms with Gasteiger partial charge in [-0.3, -0.25) is 0 Å². The molecule has 0 spiro atoms. The maximum Gasteiger partial charge on any atom is 0.416 e. The lowest BCUT2D eigenvalue weighted by Gasteiger charge is -2.19. The molecule has 0 bridgehead atoms. The standard InChI is InChI=1S/C11H10ClF4N/c12-7-4-3-6(11(14,15)16)8(9(7)13)10(17)5-1-2-5/h3-5,10H,1-2,17H2/t10-/m0/s1. The third-order valence-electron chi connectivity index (χ3n) is 2.90. The van der Waals surface area contributed by atoms with Gasteiger partial charge in [-0.2, -0.15) is 13.2 Å². The van der Waals surface area contributed by atoms with E-state index >= 15 is 0 Å². The van der Waals surface area contributed by atoms with E-state index in [1.807, 2.05) is 0 Å². The molecule has 1 saturated carbocycles. The Labute approximate surface area is 101 Å². The van der Waals surface area contributed by atoms with Crippen LogP contribution in [-0.4, -0.2) is 0 Å². The zero-order valence-electron chi connectivity index (χ0n) is 8.69. The summed E-state index contributed by atoms with van der Waals surface area (Å²) in [7, 11) is 0. The van der Waals surface area contributed by atoms with Gasteiger partial charge < -0.3 is 5.73 Å². The second kappa shape index (κ2) is 4.14. The van der Waals surface area contributed by atoms with E-state index < -0.39 is 29.2 Å². The molecule has 0 unspecified atom stereocenters. The third kappa shape index (κ3) is 2.40. The van der Waals surface area contributed by atoms with E-state index in [2.05, 4.69) is 0 Å². The number of alkyl halides is 3.